The van der Waals surface area contributed by atoms with E-state index < -0.39 is 29.1 Å². The molecule has 0 spiro atoms. The molecule has 1 amide bonds. The predicted octanol–water partition coefficient (Wildman–Crippen LogP) is 8.27. The topological polar surface area (TPSA) is 93.6 Å². The maximum atomic E-state index is 13.0. The zero-order chi connectivity index (χ0) is 32.6. The van der Waals surface area contributed by atoms with Crippen LogP contribution in [0.25, 0.3) is 21.9 Å². The highest BCUT2D eigenvalue weighted by molar-refractivity contribution is 5.81. The number of hydrogen-bond acceptors (Lipinski definition) is 7. The molecule has 0 unspecified atom stereocenters. The summed E-state index contributed by atoms with van der Waals surface area (Å²) in [5.74, 6) is 0.115. The summed E-state index contributed by atoms with van der Waals surface area (Å²) < 4.78 is 92.8. The first-order valence-corrected chi connectivity index (χ1v) is 14.7. The standard InChI is InChI=1S/C18H21F3N2O3.C13H13F3N2O/c1-17(2,3)25-16(24)23-8-6-11(7-9-23)15-13-10-12(18(19,20)21)4-5-14(13)26-22-15;14-13(15,16)9-1-2-11-10(7-9)12(18-19-11)8-3-5-17-6-4-8/h4-5,10-11H,6-9H2,1-3H3;1-2,7-8,17H,3-6H2. The number of carbonyl (C=O) groups is 1. The quantitative estimate of drug-likeness (QED) is 0.221. The Morgan fingerprint density at radius 2 is 1.22 bits per heavy atom. The van der Waals surface area contributed by atoms with Gasteiger partial charge in [-0.25, -0.2) is 4.79 Å². The molecule has 2 aromatic carbocycles. The maximum Gasteiger partial charge on any atom is 0.416 e. The molecule has 0 saturated carbocycles. The Hall–Kier alpha value is -3.81. The van der Waals surface area contributed by atoms with Crippen LogP contribution in [0.15, 0.2) is 45.4 Å². The van der Waals surface area contributed by atoms with Crippen molar-refractivity contribution >= 4 is 28.0 Å². The number of likely N-dealkylation sites (tertiary alicyclic amines) is 1. The fraction of sp³-hybridized carbons (Fsp3) is 0.516. The molecule has 6 rings (SSSR count). The molecule has 4 aromatic rings. The molecular weight excluding hydrogens is 606 g/mol. The Kier molecular flexibility index (Phi) is 9.07. The number of benzene rings is 2. The number of alkyl halides is 6. The number of carbonyl (C=O) groups excluding carboxylic acids is 1. The van der Waals surface area contributed by atoms with Crippen LogP contribution in [0.4, 0.5) is 31.1 Å². The van der Waals surface area contributed by atoms with Crippen molar-refractivity contribution < 1.29 is 44.9 Å². The predicted molar refractivity (Wildman–Crippen MR) is 153 cm³/mol. The monoisotopic (exact) mass is 640 g/mol. The second kappa shape index (κ2) is 12.5. The Labute approximate surface area is 255 Å². The molecule has 0 bridgehead atoms. The molecule has 2 fully saturated rings. The van der Waals surface area contributed by atoms with Gasteiger partial charge in [-0.1, -0.05) is 10.3 Å². The van der Waals surface area contributed by atoms with Gasteiger partial charge in [-0.05, 0) is 95.9 Å². The summed E-state index contributed by atoms with van der Waals surface area (Å²) in [6.45, 7) is 8.06. The number of ether oxygens (including phenoxy) is 1. The van der Waals surface area contributed by atoms with Crippen molar-refractivity contribution in [1.29, 1.82) is 0 Å². The van der Waals surface area contributed by atoms with Gasteiger partial charge in [0.05, 0.1) is 22.5 Å². The third-order valence-corrected chi connectivity index (χ3v) is 7.91. The number of hydrogen-bond donors (Lipinski definition) is 1. The van der Waals surface area contributed by atoms with Gasteiger partial charge in [0.15, 0.2) is 11.2 Å². The second-order valence-corrected chi connectivity index (χ2v) is 12.3. The summed E-state index contributed by atoms with van der Waals surface area (Å²) in [7, 11) is 0. The Morgan fingerprint density at radius 3 is 1.64 bits per heavy atom. The first kappa shape index (κ1) is 32.6. The van der Waals surface area contributed by atoms with Gasteiger partial charge in [-0.3, -0.25) is 0 Å². The molecule has 8 nitrogen and oxygen atoms in total. The van der Waals surface area contributed by atoms with Gasteiger partial charge in [-0.2, -0.15) is 26.3 Å². The fourth-order valence-electron chi connectivity index (χ4n) is 5.61. The number of nitrogens with one attached hydrogen (secondary N) is 1. The fourth-order valence-corrected chi connectivity index (χ4v) is 5.61. The van der Waals surface area contributed by atoms with Crippen molar-refractivity contribution in [2.75, 3.05) is 26.2 Å². The van der Waals surface area contributed by atoms with E-state index in [4.69, 9.17) is 13.8 Å². The van der Waals surface area contributed by atoms with Gasteiger partial charge in [-0.15, -0.1) is 0 Å². The Bertz CT molecular complexity index is 1630. The van der Waals surface area contributed by atoms with E-state index >= 15 is 0 Å². The molecule has 0 atom stereocenters. The molecule has 2 saturated heterocycles. The van der Waals surface area contributed by atoms with E-state index in [0.29, 0.717) is 59.3 Å². The van der Waals surface area contributed by atoms with E-state index in [1.165, 1.54) is 12.1 Å². The average Bonchev–Trinajstić information content (AvgIpc) is 3.60. The maximum absolute atomic E-state index is 13.0. The van der Waals surface area contributed by atoms with Crippen LogP contribution in [-0.2, 0) is 17.1 Å². The molecule has 4 heterocycles. The second-order valence-electron chi connectivity index (χ2n) is 12.3. The van der Waals surface area contributed by atoms with Crippen molar-refractivity contribution in [3.05, 3.63) is 58.9 Å². The molecule has 14 heteroatoms. The molecule has 244 valence electrons. The SMILES string of the molecule is CC(C)(C)OC(=O)N1CCC(c2noc3ccc(C(F)(F)F)cc23)CC1.FC(F)(F)c1ccc2onc(C3CCNCC3)c2c1. The third-order valence-electron chi connectivity index (χ3n) is 7.91. The van der Waals surface area contributed by atoms with E-state index in [2.05, 4.69) is 15.6 Å². The van der Waals surface area contributed by atoms with E-state index in [1.54, 1.807) is 25.7 Å². The summed E-state index contributed by atoms with van der Waals surface area (Å²) in [4.78, 5) is 13.7. The van der Waals surface area contributed by atoms with E-state index in [-0.39, 0.29) is 17.9 Å². The van der Waals surface area contributed by atoms with Crippen LogP contribution < -0.4 is 5.32 Å². The highest BCUT2D eigenvalue weighted by Crippen LogP contribution is 2.38. The number of amides is 1. The number of nitrogens with zero attached hydrogens (tertiary/aromatic N) is 3. The number of piperidine rings is 2. The lowest BCUT2D eigenvalue weighted by molar-refractivity contribution is -0.138. The van der Waals surface area contributed by atoms with Gasteiger partial charge in [0.2, 0.25) is 0 Å². The molecular formula is C31H34F6N4O4. The lowest BCUT2D eigenvalue weighted by Gasteiger charge is -2.32. The minimum atomic E-state index is -4.41. The van der Waals surface area contributed by atoms with Crippen molar-refractivity contribution in [1.82, 2.24) is 20.5 Å². The summed E-state index contributed by atoms with van der Waals surface area (Å²) >= 11 is 0. The number of aromatic nitrogens is 2. The summed E-state index contributed by atoms with van der Waals surface area (Å²) in [5, 5.41) is 12.1. The van der Waals surface area contributed by atoms with Crippen LogP contribution in [0, 0.1) is 0 Å². The van der Waals surface area contributed by atoms with E-state index in [0.717, 1.165) is 50.2 Å². The van der Waals surface area contributed by atoms with Gasteiger partial charge in [0.25, 0.3) is 0 Å². The first-order valence-electron chi connectivity index (χ1n) is 14.7. The largest absolute Gasteiger partial charge is 0.444 e. The smallest absolute Gasteiger partial charge is 0.416 e. The van der Waals surface area contributed by atoms with Crippen LogP contribution in [0.1, 0.15) is 80.8 Å². The van der Waals surface area contributed by atoms with Gasteiger partial charge in [0.1, 0.15) is 5.60 Å². The summed E-state index contributed by atoms with van der Waals surface area (Å²) in [6, 6.07) is 6.88. The van der Waals surface area contributed by atoms with Crippen LogP contribution in [0.5, 0.6) is 0 Å². The highest BCUT2D eigenvalue weighted by Gasteiger charge is 2.34. The van der Waals surface area contributed by atoms with Crippen molar-refractivity contribution in [3.8, 4) is 0 Å². The normalized spacial score (nSPS) is 17.4. The van der Waals surface area contributed by atoms with Crippen LogP contribution >= 0.6 is 0 Å². The van der Waals surface area contributed by atoms with Gasteiger partial charge in [0, 0.05) is 35.7 Å². The van der Waals surface area contributed by atoms with Crippen LogP contribution in [0.2, 0.25) is 0 Å². The third kappa shape index (κ3) is 7.71. The van der Waals surface area contributed by atoms with Crippen LogP contribution in [0.3, 0.4) is 0 Å². The van der Waals surface area contributed by atoms with E-state index in [1.807, 2.05) is 0 Å². The molecule has 2 aliphatic rings. The van der Waals surface area contributed by atoms with Gasteiger partial charge < -0.3 is 24.0 Å². The van der Waals surface area contributed by atoms with E-state index in [9.17, 15) is 31.1 Å². The summed E-state index contributed by atoms with van der Waals surface area (Å²) in [6.07, 6.45) is -6.19. The summed E-state index contributed by atoms with van der Waals surface area (Å²) in [5.41, 5.74) is -0.00906. The lowest BCUT2D eigenvalue weighted by Crippen LogP contribution is -2.41. The molecule has 2 aromatic heterocycles. The molecule has 2 aliphatic heterocycles. The Balaban J connectivity index is 0.000000186. The van der Waals surface area contributed by atoms with Crippen molar-refractivity contribution in [3.63, 3.8) is 0 Å². The van der Waals surface area contributed by atoms with Crippen molar-refractivity contribution in [2.45, 2.75) is 76.2 Å². The molecule has 1 N–H and O–H groups in total. The molecule has 45 heavy (non-hydrogen) atoms. The lowest BCUT2D eigenvalue weighted by atomic mass is 9.91. The number of halogens is 6. The molecule has 0 radical (unpaired) electrons. The number of rotatable bonds is 2. The zero-order valence-electron chi connectivity index (χ0n) is 25.0. The van der Waals surface area contributed by atoms with Gasteiger partial charge >= 0.3 is 18.4 Å². The average molecular weight is 641 g/mol. The minimum absolute atomic E-state index is 0.0570. The zero-order valence-corrected chi connectivity index (χ0v) is 25.0. The first-order chi connectivity index (χ1) is 21.1. The number of fused-ring (bicyclic) bond motifs is 2. The minimum Gasteiger partial charge on any atom is -0.444 e. The highest BCUT2D eigenvalue weighted by atomic mass is 19.4. The molecule has 0 aliphatic carbocycles. The Morgan fingerprint density at radius 1 is 0.778 bits per heavy atom. The van der Waals surface area contributed by atoms with Crippen LogP contribution in [-0.4, -0.2) is 53.1 Å². The van der Waals surface area contributed by atoms with Crippen molar-refractivity contribution in [2.24, 2.45) is 0 Å².